The van der Waals surface area contributed by atoms with Crippen LogP contribution in [0.1, 0.15) is 83.3 Å². The van der Waals surface area contributed by atoms with Crippen LogP contribution in [0.5, 0.6) is 11.5 Å². The standard InChI is InChI=1S/C21H33IO2/c1-5-6-7-8-15-12-18(23)19(21(24)20(15)22)17-11-14(4)9-10-16(17)13(2)3/h12-14,16-17,23-24H,5-11H2,1-4H3/t14-,16-,17+/m0/s1. The van der Waals surface area contributed by atoms with Gasteiger partial charge in [-0.1, -0.05) is 47.0 Å². The minimum absolute atomic E-state index is 0.270. The summed E-state index contributed by atoms with van der Waals surface area (Å²) in [7, 11) is 0. The molecule has 136 valence electrons. The molecule has 24 heavy (non-hydrogen) atoms. The Bertz CT molecular complexity index is 553. The highest BCUT2D eigenvalue weighted by atomic mass is 127. The van der Waals surface area contributed by atoms with Crippen molar-refractivity contribution in [1.29, 1.82) is 0 Å². The monoisotopic (exact) mass is 444 g/mol. The van der Waals surface area contributed by atoms with Crippen molar-refractivity contribution in [3.05, 3.63) is 20.8 Å². The molecule has 2 nitrogen and oxygen atoms in total. The van der Waals surface area contributed by atoms with Crippen molar-refractivity contribution >= 4 is 22.6 Å². The Balaban J connectivity index is 2.36. The first kappa shape index (κ1) is 19.9. The van der Waals surface area contributed by atoms with Gasteiger partial charge in [-0.15, -0.1) is 0 Å². The third kappa shape index (κ3) is 4.39. The minimum Gasteiger partial charge on any atom is -0.508 e. The first-order valence-corrected chi connectivity index (χ1v) is 10.7. The quantitative estimate of drug-likeness (QED) is 0.383. The Hall–Kier alpha value is -0.450. The van der Waals surface area contributed by atoms with Crippen molar-refractivity contribution < 1.29 is 10.2 Å². The van der Waals surface area contributed by atoms with Crippen molar-refractivity contribution in [2.45, 2.75) is 78.6 Å². The van der Waals surface area contributed by atoms with E-state index in [2.05, 4.69) is 50.3 Å². The molecule has 1 aromatic rings. The zero-order valence-corrected chi connectivity index (χ0v) is 17.8. The molecular weight excluding hydrogens is 411 g/mol. The van der Waals surface area contributed by atoms with Crippen LogP contribution in [0.25, 0.3) is 0 Å². The van der Waals surface area contributed by atoms with Gasteiger partial charge in [-0.3, -0.25) is 0 Å². The molecule has 2 N–H and O–H groups in total. The summed E-state index contributed by atoms with van der Waals surface area (Å²) in [6.07, 6.45) is 7.93. The minimum atomic E-state index is 0.270. The Morgan fingerprint density at radius 2 is 1.92 bits per heavy atom. The van der Waals surface area contributed by atoms with E-state index >= 15 is 0 Å². The molecule has 1 fully saturated rings. The van der Waals surface area contributed by atoms with E-state index in [1.807, 2.05) is 6.07 Å². The van der Waals surface area contributed by atoms with Gasteiger partial charge in [0.05, 0.1) is 3.57 Å². The number of hydrogen-bond donors (Lipinski definition) is 2. The molecule has 0 heterocycles. The lowest BCUT2D eigenvalue weighted by Gasteiger charge is -2.38. The Morgan fingerprint density at radius 3 is 2.54 bits per heavy atom. The molecule has 0 radical (unpaired) electrons. The summed E-state index contributed by atoms with van der Waals surface area (Å²) in [5.41, 5.74) is 1.90. The van der Waals surface area contributed by atoms with Crippen LogP contribution in [0.2, 0.25) is 0 Å². The van der Waals surface area contributed by atoms with Crippen molar-refractivity contribution in [3.63, 3.8) is 0 Å². The second-order valence-electron chi connectivity index (χ2n) is 8.02. The molecule has 3 atom stereocenters. The molecule has 0 amide bonds. The number of benzene rings is 1. The van der Waals surface area contributed by atoms with Gasteiger partial charge >= 0.3 is 0 Å². The van der Waals surface area contributed by atoms with E-state index in [-0.39, 0.29) is 5.92 Å². The van der Waals surface area contributed by atoms with Crippen LogP contribution < -0.4 is 0 Å². The van der Waals surface area contributed by atoms with E-state index in [9.17, 15) is 10.2 Å². The first-order valence-electron chi connectivity index (χ1n) is 9.59. The number of phenols is 2. The maximum atomic E-state index is 10.9. The van der Waals surface area contributed by atoms with E-state index in [0.29, 0.717) is 29.3 Å². The van der Waals surface area contributed by atoms with Gasteiger partial charge in [0, 0.05) is 5.56 Å². The normalized spacial score (nSPS) is 24.5. The highest BCUT2D eigenvalue weighted by Crippen LogP contribution is 2.50. The predicted octanol–water partition coefficient (Wildman–Crippen LogP) is 6.61. The van der Waals surface area contributed by atoms with Gasteiger partial charge in [0.15, 0.2) is 0 Å². The van der Waals surface area contributed by atoms with Crippen LogP contribution in [0.3, 0.4) is 0 Å². The maximum Gasteiger partial charge on any atom is 0.136 e. The molecule has 0 saturated heterocycles. The summed E-state index contributed by atoms with van der Waals surface area (Å²) in [5.74, 6) is 2.69. The largest absolute Gasteiger partial charge is 0.508 e. The topological polar surface area (TPSA) is 40.5 Å². The molecule has 0 aliphatic heterocycles. The lowest BCUT2D eigenvalue weighted by molar-refractivity contribution is 0.191. The SMILES string of the molecule is CCCCCc1cc(O)c([C@@H]2C[C@@H](C)CC[C@H]2C(C)C)c(O)c1I. The molecule has 1 aliphatic carbocycles. The summed E-state index contributed by atoms with van der Waals surface area (Å²) in [6, 6.07) is 1.92. The van der Waals surface area contributed by atoms with Gasteiger partial charge in [-0.2, -0.15) is 0 Å². The molecule has 1 saturated carbocycles. The highest BCUT2D eigenvalue weighted by molar-refractivity contribution is 14.1. The number of aromatic hydroxyl groups is 2. The Morgan fingerprint density at radius 1 is 1.21 bits per heavy atom. The average molecular weight is 444 g/mol. The molecule has 0 bridgehead atoms. The summed E-state index contributed by atoms with van der Waals surface area (Å²) in [6.45, 7) is 9.03. The zero-order valence-electron chi connectivity index (χ0n) is 15.6. The fourth-order valence-electron chi connectivity index (χ4n) is 4.34. The van der Waals surface area contributed by atoms with Gasteiger partial charge < -0.3 is 10.2 Å². The number of hydrogen-bond acceptors (Lipinski definition) is 2. The lowest BCUT2D eigenvalue weighted by atomic mass is 9.67. The van der Waals surface area contributed by atoms with Crippen LogP contribution in [-0.4, -0.2) is 10.2 Å². The van der Waals surface area contributed by atoms with Crippen LogP contribution >= 0.6 is 22.6 Å². The third-order valence-electron chi connectivity index (χ3n) is 5.77. The van der Waals surface area contributed by atoms with Crippen molar-refractivity contribution in [3.8, 4) is 11.5 Å². The summed E-state index contributed by atoms with van der Waals surface area (Å²) < 4.78 is 0.942. The van der Waals surface area contributed by atoms with Crippen LogP contribution in [0, 0.1) is 21.3 Å². The van der Waals surface area contributed by atoms with Gasteiger partial charge in [-0.25, -0.2) is 0 Å². The van der Waals surface area contributed by atoms with E-state index in [4.69, 9.17) is 0 Å². The number of rotatable bonds is 6. The van der Waals surface area contributed by atoms with Crippen molar-refractivity contribution in [1.82, 2.24) is 0 Å². The molecule has 0 aromatic heterocycles. The number of halogens is 1. The predicted molar refractivity (Wildman–Crippen MR) is 110 cm³/mol. The van der Waals surface area contributed by atoms with Gasteiger partial charge in [0.1, 0.15) is 11.5 Å². The van der Waals surface area contributed by atoms with E-state index in [1.165, 1.54) is 25.7 Å². The fourth-order valence-corrected chi connectivity index (χ4v) is 5.06. The van der Waals surface area contributed by atoms with Gasteiger partial charge in [0.25, 0.3) is 0 Å². The number of aryl methyl sites for hydroxylation is 1. The maximum absolute atomic E-state index is 10.9. The summed E-state index contributed by atoms with van der Waals surface area (Å²) in [5, 5.41) is 21.6. The lowest BCUT2D eigenvalue weighted by Crippen LogP contribution is -2.26. The van der Waals surface area contributed by atoms with Crippen LogP contribution in [-0.2, 0) is 6.42 Å². The van der Waals surface area contributed by atoms with Gasteiger partial charge in [0.2, 0.25) is 0 Å². The Labute approximate surface area is 161 Å². The van der Waals surface area contributed by atoms with Crippen molar-refractivity contribution in [2.24, 2.45) is 17.8 Å². The third-order valence-corrected chi connectivity index (χ3v) is 6.98. The molecule has 0 spiro atoms. The van der Waals surface area contributed by atoms with Crippen LogP contribution in [0.15, 0.2) is 6.07 Å². The molecule has 0 unspecified atom stereocenters. The van der Waals surface area contributed by atoms with E-state index in [1.54, 1.807) is 0 Å². The van der Waals surface area contributed by atoms with E-state index in [0.717, 1.165) is 34.0 Å². The average Bonchev–Trinajstić information content (AvgIpc) is 2.52. The Kier molecular flexibility index (Phi) is 7.26. The number of unbranched alkanes of at least 4 members (excludes halogenated alkanes) is 2. The molecule has 1 aliphatic rings. The molecular formula is C21H33IO2. The molecule has 3 heteroatoms. The highest BCUT2D eigenvalue weighted by Gasteiger charge is 2.35. The van der Waals surface area contributed by atoms with Gasteiger partial charge in [-0.05, 0) is 83.6 Å². The second kappa shape index (κ2) is 8.77. The number of phenolic OH excluding ortho intramolecular Hbond substituents is 2. The van der Waals surface area contributed by atoms with Crippen molar-refractivity contribution in [2.75, 3.05) is 0 Å². The summed E-state index contributed by atoms with van der Waals surface area (Å²) >= 11 is 2.26. The smallest absolute Gasteiger partial charge is 0.136 e. The molecule has 1 aromatic carbocycles. The fraction of sp³-hybridized carbons (Fsp3) is 0.714. The summed E-state index contributed by atoms with van der Waals surface area (Å²) in [4.78, 5) is 0. The van der Waals surface area contributed by atoms with E-state index < -0.39 is 0 Å². The van der Waals surface area contributed by atoms with Crippen LogP contribution in [0.4, 0.5) is 0 Å². The first-order chi connectivity index (χ1) is 11.4. The molecule has 2 rings (SSSR count). The zero-order chi connectivity index (χ0) is 17.9. The second-order valence-corrected chi connectivity index (χ2v) is 9.10.